The van der Waals surface area contributed by atoms with Crippen LogP contribution < -0.4 is 0 Å². The lowest BCUT2D eigenvalue weighted by Gasteiger charge is -2.41. The minimum absolute atomic E-state index is 0.0786. The Hall–Kier alpha value is -1.31. The minimum Gasteiger partial charge on any atom is -0.367 e. The van der Waals surface area contributed by atoms with Gasteiger partial charge in [-0.1, -0.05) is 11.6 Å². The molecule has 2 aliphatic rings. The highest BCUT2D eigenvalue weighted by Gasteiger charge is 2.33. The van der Waals surface area contributed by atoms with Gasteiger partial charge in [0.05, 0.1) is 17.8 Å². The maximum Gasteiger partial charge on any atom is 0.270 e. The Kier molecular flexibility index (Phi) is 3.48. The summed E-state index contributed by atoms with van der Waals surface area (Å²) >= 11 is 1.52. The van der Waals surface area contributed by atoms with Crippen LogP contribution in [0.15, 0.2) is 10.0 Å². The lowest BCUT2D eigenvalue weighted by atomic mass is 10.0. The van der Waals surface area contributed by atoms with E-state index in [1.807, 2.05) is 6.92 Å². The molecule has 0 amide bonds. The number of aryl methyl sites for hydroxylation is 1. The normalized spacial score (nSPS) is 26.7. The van der Waals surface area contributed by atoms with Gasteiger partial charge in [0.1, 0.15) is 11.0 Å². The zero-order chi connectivity index (χ0) is 14.2. The molecule has 0 aliphatic carbocycles. The quantitative estimate of drug-likeness (QED) is 0.849. The van der Waals surface area contributed by atoms with Crippen LogP contribution in [0.2, 0.25) is 0 Å². The zero-order valence-electron chi connectivity index (χ0n) is 12.0. The Balaban J connectivity index is 1.52. The fourth-order valence-electron chi connectivity index (χ4n) is 3.10. The molecule has 2 aliphatic heterocycles. The van der Waals surface area contributed by atoms with Crippen molar-refractivity contribution in [1.29, 1.82) is 0 Å². The van der Waals surface area contributed by atoms with E-state index in [0.717, 1.165) is 30.3 Å². The van der Waals surface area contributed by atoms with Crippen molar-refractivity contribution in [1.82, 2.24) is 20.0 Å². The van der Waals surface area contributed by atoms with E-state index in [4.69, 9.17) is 9.26 Å². The van der Waals surface area contributed by atoms with Crippen LogP contribution in [-0.4, -0.2) is 45.8 Å². The summed E-state index contributed by atoms with van der Waals surface area (Å²) in [6, 6.07) is 0.574. The summed E-state index contributed by atoms with van der Waals surface area (Å²) in [6.45, 7) is 4.74. The summed E-state index contributed by atoms with van der Waals surface area (Å²) < 4.78 is 11.3. The van der Waals surface area contributed by atoms with Gasteiger partial charge in [-0.3, -0.25) is 4.90 Å². The van der Waals surface area contributed by atoms with Crippen molar-refractivity contribution in [3.05, 3.63) is 17.0 Å². The lowest BCUT2D eigenvalue weighted by Crippen LogP contribution is -2.49. The van der Waals surface area contributed by atoms with E-state index in [9.17, 15) is 0 Å². The van der Waals surface area contributed by atoms with Crippen LogP contribution in [0.1, 0.15) is 36.9 Å². The van der Waals surface area contributed by atoms with Crippen molar-refractivity contribution in [3.8, 4) is 10.8 Å². The molecule has 2 aromatic heterocycles. The Morgan fingerprint density at radius 3 is 3.19 bits per heavy atom. The Labute approximate surface area is 127 Å². The summed E-state index contributed by atoms with van der Waals surface area (Å²) in [5.74, 6) is 1.20. The van der Waals surface area contributed by atoms with E-state index in [-0.39, 0.29) is 6.10 Å². The van der Waals surface area contributed by atoms with Crippen LogP contribution in [0.5, 0.6) is 0 Å². The monoisotopic (exact) mass is 306 g/mol. The number of morpholine rings is 1. The first-order valence-corrected chi connectivity index (χ1v) is 8.29. The molecule has 2 aromatic rings. The molecule has 6 nitrogen and oxygen atoms in total. The Morgan fingerprint density at radius 1 is 1.38 bits per heavy atom. The van der Waals surface area contributed by atoms with Crippen LogP contribution in [0.3, 0.4) is 0 Å². The first-order chi connectivity index (χ1) is 10.3. The van der Waals surface area contributed by atoms with Crippen molar-refractivity contribution in [2.24, 2.45) is 0 Å². The SMILES string of the molecule is Cc1ncsc1-c1nc([C@H]2CN3CCCC[C@@H]3CO2)no1. The molecule has 2 fully saturated rings. The zero-order valence-corrected chi connectivity index (χ0v) is 12.8. The number of fused-ring (bicyclic) bond motifs is 1. The van der Waals surface area contributed by atoms with Gasteiger partial charge in [-0.2, -0.15) is 4.98 Å². The molecule has 21 heavy (non-hydrogen) atoms. The number of piperidine rings is 1. The second kappa shape index (κ2) is 5.47. The molecule has 4 rings (SSSR count). The van der Waals surface area contributed by atoms with Gasteiger partial charge in [-0.15, -0.1) is 11.3 Å². The molecule has 7 heteroatoms. The molecule has 0 aromatic carbocycles. The molecule has 0 spiro atoms. The van der Waals surface area contributed by atoms with Gasteiger partial charge >= 0.3 is 0 Å². The summed E-state index contributed by atoms with van der Waals surface area (Å²) in [5.41, 5.74) is 2.72. The summed E-state index contributed by atoms with van der Waals surface area (Å²) in [4.78, 5) is 12.2. The Morgan fingerprint density at radius 2 is 2.33 bits per heavy atom. The fraction of sp³-hybridized carbons (Fsp3) is 0.643. The topological polar surface area (TPSA) is 64.3 Å². The molecule has 112 valence electrons. The number of hydrogen-bond donors (Lipinski definition) is 0. The lowest BCUT2D eigenvalue weighted by molar-refractivity contribution is -0.0805. The van der Waals surface area contributed by atoms with Gasteiger partial charge in [-0.25, -0.2) is 4.98 Å². The first kappa shape index (κ1) is 13.4. The average molecular weight is 306 g/mol. The highest BCUT2D eigenvalue weighted by molar-refractivity contribution is 7.13. The number of ether oxygens (including phenoxy) is 1. The summed E-state index contributed by atoms with van der Waals surface area (Å²) in [6.07, 6.45) is 3.75. The number of rotatable bonds is 2. The summed E-state index contributed by atoms with van der Waals surface area (Å²) in [5, 5.41) is 4.12. The number of nitrogens with zero attached hydrogens (tertiary/aromatic N) is 4. The molecule has 0 unspecified atom stereocenters. The van der Waals surface area contributed by atoms with Gasteiger partial charge in [0.15, 0.2) is 0 Å². The van der Waals surface area contributed by atoms with E-state index < -0.39 is 0 Å². The van der Waals surface area contributed by atoms with Crippen LogP contribution in [0.25, 0.3) is 10.8 Å². The van der Waals surface area contributed by atoms with Gasteiger partial charge in [0.2, 0.25) is 5.82 Å². The molecule has 0 radical (unpaired) electrons. The molecule has 2 saturated heterocycles. The van der Waals surface area contributed by atoms with Gasteiger partial charge in [0, 0.05) is 12.6 Å². The van der Waals surface area contributed by atoms with Crippen LogP contribution in [-0.2, 0) is 4.74 Å². The molecular weight excluding hydrogens is 288 g/mol. The van der Waals surface area contributed by atoms with E-state index >= 15 is 0 Å². The maximum absolute atomic E-state index is 5.96. The standard InChI is InChI=1S/C14H18N4O2S/c1-9-12(21-8-15-9)14-16-13(17-20-14)11-6-18-5-3-2-4-10(18)7-19-11/h8,10-11H,2-7H2,1H3/t10-,11-/m1/s1. The fourth-order valence-corrected chi connectivity index (χ4v) is 3.83. The third-order valence-corrected chi connectivity index (χ3v) is 5.23. The third-order valence-electron chi connectivity index (χ3n) is 4.31. The van der Waals surface area contributed by atoms with Crippen molar-refractivity contribution in [2.75, 3.05) is 19.7 Å². The predicted octanol–water partition coefficient (Wildman–Crippen LogP) is 2.43. The van der Waals surface area contributed by atoms with Gasteiger partial charge < -0.3 is 9.26 Å². The van der Waals surface area contributed by atoms with E-state index in [2.05, 4.69) is 20.0 Å². The smallest absolute Gasteiger partial charge is 0.270 e. The van der Waals surface area contributed by atoms with Gasteiger partial charge in [0.25, 0.3) is 5.89 Å². The van der Waals surface area contributed by atoms with Crippen LogP contribution >= 0.6 is 11.3 Å². The van der Waals surface area contributed by atoms with Crippen molar-refractivity contribution >= 4 is 11.3 Å². The molecular formula is C14H18N4O2S. The largest absolute Gasteiger partial charge is 0.367 e. The number of aromatic nitrogens is 3. The molecule has 2 atom stereocenters. The number of thiazole rings is 1. The van der Waals surface area contributed by atoms with Crippen LogP contribution in [0.4, 0.5) is 0 Å². The molecule has 4 heterocycles. The summed E-state index contributed by atoms with van der Waals surface area (Å²) in [7, 11) is 0. The van der Waals surface area contributed by atoms with Crippen molar-refractivity contribution in [2.45, 2.75) is 38.3 Å². The van der Waals surface area contributed by atoms with Crippen molar-refractivity contribution < 1.29 is 9.26 Å². The van der Waals surface area contributed by atoms with Crippen LogP contribution in [0, 0.1) is 6.92 Å². The van der Waals surface area contributed by atoms with E-state index in [0.29, 0.717) is 17.8 Å². The van der Waals surface area contributed by atoms with Gasteiger partial charge in [-0.05, 0) is 26.3 Å². The highest BCUT2D eigenvalue weighted by Crippen LogP contribution is 2.31. The second-order valence-corrected chi connectivity index (χ2v) is 6.55. The molecule has 0 N–H and O–H groups in total. The van der Waals surface area contributed by atoms with E-state index in [1.54, 1.807) is 5.51 Å². The average Bonchev–Trinajstić information content (AvgIpc) is 3.15. The second-order valence-electron chi connectivity index (χ2n) is 5.69. The van der Waals surface area contributed by atoms with Crippen molar-refractivity contribution in [3.63, 3.8) is 0 Å². The highest BCUT2D eigenvalue weighted by atomic mass is 32.1. The maximum atomic E-state index is 5.96. The van der Waals surface area contributed by atoms with E-state index in [1.165, 1.54) is 30.6 Å². The molecule has 0 bridgehead atoms. The number of hydrogen-bond acceptors (Lipinski definition) is 7. The minimum atomic E-state index is -0.0786. The molecule has 0 saturated carbocycles. The Bertz CT molecular complexity index is 626. The first-order valence-electron chi connectivity index (χ1n) is 7.41. The predicted molar refractivity (Wildman–Crippen MR) is 78.0 cm³/mol. The third kappa shape index (κ3) is 2.49.